The van der Waals surface area contributed by atoms with E-state index in [1.807, 2.05) is 0 Å². The van der Waals surface area contributed by atoms with Gasteiger partial charge in [-0.1, -0.05) is 18.3 Å². The minimum atomic E-state index is -3.66. The quantitative estimate of drug-likeness (QED) is 0.843. The van der Waals surface area contributed by atoms with Crippen molar-refractivity contribution in [2.75, 3.05) is 4.72 Å². The third-order valence-corrected chi connectivity index (χ3v) is 4.52. The number of aryl methyl sites for hydroxylation is 2. The first-order valence-electron chi connectivity index (χ1n) is 6.15. The number of aromatic nitrogens is 1. The van der Waals surface area contributed by atoms with Crippen LogP contribution in [0, 0.1) is 13.8 Å². The highest BCUT2D eigenvalue weighted by molar-refractivity contribution is 7.92. The largest absolute Gasteiger partial charge is 0.389 e. The number of anilines is 1. The van der Waals surface area contributed by atoms with Crippen molar-refractivity contribution in [3.63, 3.8) is 0 Å². The number of hydrogen-bond donors (Lipinski definition) is 2. The van der Waals surface area contributed by atoms with Crippen LogP contribution in [-0.2, 0) is 10.0 Å². The van der Waals surface area contributed by atoms with Crippen LogP contribution in [0.25, 0.3) is 0 Å². The van der Waals surface area contributed by atoms with Crippen molar-refractivity contribution < 1.29 is 8.42 Å². The molecule has 5 nitrogen and oxygen atoms in total. The zero-order valence-corrected chi connectivity index (χ0v) is 13.3. The fourth-order valence-electron chi connectivity index (χ4n) is 1.90. The zero-order chi connectivity index (χ0) is 15.6. The van der Waals surface area contributed by atoms with Gasteiger partial charge in [-0.2, -0.15) is 0 Å². The maximum atomic E-state index is 12.4. The first kappa shape index (κ1) is 15.4. The molecule has 0 aliphatic rings. The van der Waals surface area contributed by atoms with Gasteiger partial charge >= 0.3 is 0 Å². The predicted molar refractivity (Wildman–Crippen MR) is 86.8 cm³/mol. The van der Waals surface area contributed by atoms with E-state index >= 15 is 0 Å². The van der Waals surface area contributed by atoms with Crippen LogP contribution in [-0.4, -0.2) is 18.4 Å². The Morgan fingerprint density at radius 1 is 1.24 bits per heavy atom. The number of nitrogens with zero attached hydrogens (tertiary/aromatic N) is 1. The molecule has 0 bridgehead atoms. The van der Waals surface area contributed by atoms with Gasteiger partial charge in [0.1, 0.15) is 4.99 Å². The highest BCUT2D eigenvalue weighted by Crippen LogP contribution is 2.19. The second kappa shape index (κ2) is 5.79. The smallest absolute Gasteiger partial charge is 0.261 e. The minimum absolute atomic E-state index is 0.162. The number of nitrogens with two attached hydrogens (primary N) is 1. The van der Waals surface area contributed by atoms with Gasteiger partial charge in [0, 0.05) is 17.5 Å². The number of benzene rings is 1. The first-order valence-corrected chi connectivity index (χ1v) is 8.04. The molecule has 2 rings (SSSR count). The number of rotatable bonds is 4. The lowest BCUT2D eigenvalue weighted by Gasteiger charge is -2.10. The average Bonchev–Trinajstić information content (AvgIpc) is 2.37. The molecule has 0 radical (unpaired) electrons. The van der Waals surface area contributed by atoms with Gasteiger partial charge in [0.15, 0.2) is 0 Å². The van der Waals surface area contributed by atoms with E-state index in [4.69, 9.17) is 18.0 Å². The van der Waals surface area contributed by atoms with Crippen LogP contribution in [0.2, 0.25) is 0 Å². The Morgan fingerprint density at radius 2 is 1.95 bits per heavy atom. The summed E-state index contributed by atoms with van der Waals surface area (Å²) < 4.78 is 27.2. The lowest BCUT2D eigenvalue weighted by atomic mass is 10.1. The van der Waals surface area contributed by atoms with Gasteiger partial charge in [0.25, 0.3) is 10.0 Å². The number of hydrogen-bond acceptors (Lipinski definition) is 4. The van der Waals surface area contributed by atoms with Gasteiger partial charge < -0.3 is 5.73 Å². The normalized spacial score (nSPS) is 11.1. The topological polar surface area (TPSA) is 85.1 Å². The lowest BCUT2D eigenvalue weighted by molar-refractivity contribution is 0.601. The van der Waals surface area contributed by atoms with Crippen molar-refractivity contribution >= 4 is 32.9 Å². The summed E-state index contributed by atoms with van der Waals surface area (Å²) in [5.41, 5.74) is 8.16. The second-order valence-corrected chi connectivity index (χ2v) is 6.75. The fourth-order valence-corrected chi connectivity index (χ4v) is 3.27. The van der Waals surface area contributed by atoms with Crippen molar-refractivity contribution in [2.45, 2.75) is 18.7 Å². The maximum absolute atomic E-state index is 12.4. The van der Waals surface area contributed by atoms with Crippen molar-refractivity contribution in [3.05, 3.63) is 53.3 Å². The minimum Gasteiger partial charge on any atom is -0.389 e. The van der Waals surface area contributed by atoms with E-state index in [-0.39, 0.29) is 9.88 Å². The third kappa shape index (κ3) is 3.56. The van der Waals surface area contributed by atoms with Gasteiger partial charge in [-0.15, -0.1) is 0 Å². The standard InChI is InChI=1S/C14H15N3O2S2/c1-9-7-12(3-4-13(9)14(15)20)21(18,19)17-11-5-6-16-10(2)8-11/h3-8H,1-2H3,(H2,15,20)(H,16,17). The molecule has 0 amide bonds. The van der Waals surface area contributed by atoms with E-state index in [2.05, 4.69) is 9.71 Å². The summed E-state index contributed by atoms with van der Waals surface area (Å²) in [7, 11) is -3.66. The number of nitrogens with one attached hydrogen (secondary N) is 1. The molecule has 0 aliphatic carbocycles. The SMILES string of the molecule is Cc1cc(NS(=O)(=O)c2ccc(C(N)=S)c(C)c2)ccn1. The van der Waals surface area contributed by atoms with Crippen LogP contribution < -0.4 is 10.5 Å². The highest BCUT2D eigenvalue weighted by Gasteiger charge is 2.16. The molecule has 110 valence electrons. The van der Waals surface area contributed by atoms with Gasteiger partial charge in [-0.05, 0) is 43.7 Å². The zero-order valence-electron chi connectivity index (χ0n) is 11.6. The molecule has 0 saturated heterocycles. The molecule has 3 N–H and O–H groups in total. The molecule has 0 unspecified atom stereocenters. The molecule has 1 heterocycles. The number of pyridine rings is 1. The first-order chi connectivity index (χ1) is 9.79. The van der Waals surface area contributed by atoms with Crippen LogP contribution in [0.1, 0.15) is 16.8 Å². The van der Waals surface area contributed by atoms with Crippen LogP contribution in [0.15, 0.2) is 41.4 Å². The molecule has 2 aromatic rings. The Balaban J connectivity index is 2.36. The fraction of sp³-hybridized carbons (Fsp3) is 0.143. The molecule has 0 spiro atoms. The molecule has 1 aromatic carbocycles. The van der Waals surface area contributed by atoms with E-state index in [9.17, 15) is 8.42 Å². The van der Waals surface area contributed by atoms with Crippen LogP contribution in [0.4, 0.5) is 5.69 Å². The van der Waals surface area contributed by atoms with Crippen molar-refractivity contribution in [2.24, 2.45) is 5.73 Å². The Kier molecular flexibility index (Phi) is 4.24. The third-order valence-electron chi connectivity index (χ3n) is 2.92. The summed E-state index contributed by atoms with van der Waals surface area (Å²) in [4.78, 5) is 4.43. The van der Waals surface area contributed by atoms with Crippen LogP contribution in [0.3, 0.4) is 0 Å². The number of thiocarbonyl (C=S) groups is 1. The van der Waals surface area contributed by atoms with E-state index in [0.29, 0.717) is 11.3 Å². The van der Waals surface area contributed by atoms with Crippen LogP contribution in [0.5, 0.6) is 0 Å². The summed E-state index contributed by atoms with van der Waals surface area (Å²) in [5.74, 6) is 0. The van der Waals surface area contributed by atoms with E-state index < -0.39 is 10.0 Å². The molecular formula is C14H15N3O2S2. The average molecular weight is 321 g/mol. The lowest BCUT2D eigenvalue weighted by Crippen LogP contribution is -2.15. The summed E-state index contributed by atoms with van der Waals surface area (Å²) in [5, 5.41) is 0. The molecule has 0 aliphatic heterocycles. The molecule has 0 fully saturated rings. The molecule has 21 heavy (non-hydrogen) atoms. The highest BCUT2D eigenvalue weighted by atomic mass is 32.2. The number of sulfonamides is 1. The summed E-state index contributed by atoms with van der Waals surface area (Å²) >= 11 is 4.91. The Bertz CT molecular complexity index is 802. The van der Waals surface area contributed by atoms with E-state index in [1.165, 1.54) is 6.07 Å². The Labute approximate surface area is 129 Å². The van der Waals surface area contributed by atoms with Crippen molar-refractivity contribution in [3.8, 4) is 0 Å². The Hall–Kier alpha value is -1.99. The Morgan fingerprint density at radius 3 is 2.52 bits per heavy atom. The van der Waals surface area contributed by atoms with Crippen molar-refractivity contribution in [1.29, 1.82) is 0 Å². The molecule has 1 aromatic heterocycles. The monoisotopic (exact) mass is 321 g/mol. The van der Waals surface area contributed by atoms with Gasteiger partial charge in [0.2, 0.25) is 0 Å². The molecule has 0 atom stereocenters. The van der Waals surface area contributed by atoms with Crippen LogP contribution >= 0.6 is 12.2 Å². The van der Waals surface area contributed by atoms with E-state index in [1.54, 1.807) is 44.3 Å². The summed E-state index contributed by atoms with van der Waals surface area (Å²) in [6.45, 7) is 3.56. The summed E-state index contributed by atoms with van der Waals surface area (Å²) in [6, 6.07) is 7.90. The van der Waals surface area contributed by atoms with Gasteiger partial charge in [-0.25, -0.2) is 8.42 Å². The van der Waals surface area contributed by atoms with Gasteiger partial charge in [-0.3, -0.25) is 9.71 Å². The molecule has 0 saturated carbocycles. The van der Waals surface area contributed by atoms with Gasteiger partial charge in [0.05, 0.1) is 10.6 Å². The predicted octanol–water partition coefficient (Wildman–Crippen LogP) is 2.13. The van der Waals surface area contributed by atoms with Crippen molar-refractivity contribution in [1.82, 2.24) is 4.98 Å². The second-order valence-electron chi connectivity index (χ2n) is 4.63. The summed E-state index contributed by atoms with van der Waals surface area (Å²) in [6.07, 6.45) is 1.55. The maximum Gasteiger partial charge on any atom is 0.261 e. The van der Waals surface area contributed by atoms with E-state index in [0.717, 1.165) is 11.3 Å². The molecular weight excluding hydrogens is 306 g/mol. The molecule has 7 heteroatoms.